The fraction of sp³-hybridized carbons (Fsp3) is 0.200. The zero-order chi connectivity index (χ0) is 10.7. The van der Waals surface area contributed by atoms with Crippen molar-refractivity contribution >= 4 is 22.5 Å². The Balaban J connectivity index is 2.27. The number of hydrogen-bond donors (Lipinski definition) is 3. The molecule has 0 bridgehead atoms. The largest absolute Gasteiger partial charge is 0.324 e. The predicted molar refractivity (Wildman–Crippen MR) is 58.7 cm³/mol. The molecule has 15 heavy (non-hydrogen) atoms. The van der Waals surface area contributed by atoms with Gasteiger partial charge in [0.1, 0.15) is 0 Å². The highest BCUT2D eigenvalue weighted by Crippen LogP contribution is 2.20. The van der Waals surface area contributed by atoms with Crippen LogP contribution in [0.5, 0.6) is 0 Å². The van der Waals surface area contributed by atoms with E-state index in [-0.39, 0.29) is 5.91 Å². The summed E-state index contributed by atoms with van der Waals surface area (Å²) in [5, 5.41) is 13.3. The van der Waals surface area contributed by atoms with Gasteiger partial charge in [0.05, 0.1) is 23.9 Å². The Morgan fingerprint density at radius 2 is 2.40 bits per heavy atom. The molecule has 78 valence electrons. The normalized spacial score (nSPS) is 10.5. The van der Waals surface area contributed by atoms with Gasteiger partial charge >= 0.3 is 0 Å². The quantitative estimate of drug-likeness (QED) is 0.690. The number of nitrogens with one attached hydrogen (secondary N) is 3. The van der Waals surface area contributed by atoms with Gasteiger partial charge in [-0.15, -0.1) is 0 Å². The Hall–Kier alpha value is -1.88. The highest BCUT2D eigenvalue weighted by Gasteiger charge is 2.05. The number of nitrogens with zero attached hydrogens (tertiary/aromatic N) is 1. The zero-order valence-electron chi connectivity index (χ0n) is 8.37. The van der Waals surface area contributed by atoms with E-state index in [0.29, 0.717) is 6.54 Å². The molecular formula is C10H12N4O. The molecule has 2 rings (SSSR count). The van der Waals surface area contributed by atoms with Gasteiger partial charge in [0.25, 0.3) is 0 Å². The number of carbonyl (C=O) groups is 1. The van der Waals surface area contributed by atoms with Crippen molar-refractivity contribution in [2.24, 2.45) is 0 Å². The number of hydrogen-bond acceptors (Lipinski definition) is 3. The fourth-order valence-electron chi connectivity index (χ4n) is 1.43. The van der Waals surface area contributed by atoms with E-state index in [2.05, 4.69) is 20.8 Å². The number of carbonyl (C=O) groups excluding carboxylic acids is 1. The minimum atomic E-state index is -0.0637. The van der Waals surface area contributed by atoms with E-state index >= 15 is 0 Å². The van der Waals surface area contributed by atoms with Crippen molar-refractivity contribution in [1.29, 1.82) is 0 Å². The van der Waals surface area contributed by atoms with Crippen molar-refractivity contribution < 1.29 is 4.79 Å². The van der Waals surface area contributed by atoms with E-state index in [9.17, 15) is 4.79 Å². The molecule has 0 aliphatic rings. The summed E-state index contributed by atoms with van der Waals surface area (Å²) in [5.41, 5.74) is 1.69. The first kappa shape index (κ1) is 9.67. The summed E-state index contributed by atoms with van der Waals surface area (Å²) in [6, 6.07) is 5.64. The SMILES string of the molecule is CNCC(=O)Nc1cccc2[nH]ncc12. The Labute approximate surface area is 86.9 Å². The van der Waals surface area contributed by atoms with Gasteiger partial charge in [-0.1, -0.05) is 6.07 Å². The molecule has 0 atom stereocenters. The molecule has 1 aromatic carbocycles. The first-order valence-corrected chi connectivity index (χ1v) is 4.68. The van der Waals surface area contributed by atoms with Crippen LogP contribution in [-0.4, -0.2) is 29.7 Å². The van der Waals surface area contributed by atoms with E-state index in [0.717, 1.165) is 16.6 Å². The molecule has 3 N–H and O–H groups in total. The van der Waals surface area contributed by atoms with Crippen LogP contribution in [0, 0.1) is 0 Å². The van der Waals surface area contributed by atoms with Crippen LogP contribution in [-0.2, 0) is 4.79 Å². The monoisotopic (exact) mass is 204 g/mol. The van der Waals surface area contributed by atoms with Crippen LogP contribution in [0.15, 0.2) is 24.4 Å². The first-order valence-electron chi connectivity index (χ1n) is 4.68. The third kappa shape index (κ3) is 1.97. The van der Waals surface area contributed by atoms with Crippen molar-refractivity contribution in [3.63, 3.8) is 0 Å². The summed E-state index contributed by atoms with van der Waals surface area (Å²) in [6.07, 6.45) is 1.70. The van der Waals surface area contributed by atoms with Gasteiger partial charge < -0.3 is 10.6 Å². The minimum Gasteiger partial charge on any atom is -0.324 e. The summed E-state index contributed by atoms with van der Waals surface area (Å²) in [4.78, 5) is 11.4. The molecule has 0 unspecified atom stereocenters. The Bertz CT molecular complexity index is 477. The highest BCUT2D eigenvalue weighted by molar-refractivity contribution is 6.01. The number of aromatic nitrogens is 2. The number of anilines is 1. The Morgan fingerprint density at radius 3 is 3.20 bits per heavy atom. The second kappa shape index (κ2) is 4.10. The molecule has 0 radical (unpaired) electrons. The molecule has 0 saturated carbocycles. The average molecular weight is 204 g/mol. The van der Waals surface area contributed by atoms with Gasteiger partial charge in [-0.05, 0) is 19.2 Å². The second-order valence-corrected chi connectivity index (χ2v) is 3.22. The standard InChI is InChI=1S/C10H12N4O/c1-11-6-10(15)13-8-3-2-4-9-7(8)5-12-14-9/h2-5,11H,6H2,1H3,(H,12,14)(H,13,15). The summed E-state index contributed by atoms with van der Waals surface area (Å²) in [7, 11) is 1.73. The molecule has 1 heterocycles. The van der Waals surface area contributed by atoms with Crippen LogP contribution >= 0.6 is 0 Å². The number of H-pyrrole nitrogens is 1. The zero-order valence-corrected chi connectivity index (χ0v) is 8.37. The molecule has 2 aromatic rings. The molecule has 5 nitrogen and oxygen atoms in total. The second-order valence-electron chi connectivity index (χ2n) is 3.22. The van der Waals surface area contributed by atoms with Crippen molar-refractivity contribution in [3.05, 3.63) is 24.4 Å². The van der Waals surface area contributed by atoms with E-state index in [1.54, 1.807) is 13.2 Å². The summed E-state index contributed by atoms with van der Waals surface area (Å²) in [5.74, 6) is -0.0637. The molecule has 0 saturated heterocycles. The number of aromatic amines is 1. The van der Waals surface area contributed by atoms with Crippen LogP contribution in [0.25, 0.3) is 10.9 Å². The summed E-state index contributed by atoms with van der Waals surface area (Å²) >= 11 is 0. The Kier molecular flexibility index (Phi) is 2.64. The lowest BCUT2D eigenvalue weighted by Crippen LogP contribution is -2.25. The van der Waals surface area contributed by atoms with Crippen LogP contribution in [0.4, 0.5) is 5.69 Å². The minimum absolute atomic E-state index is 0.0637. The Morgan fingerprint density at radius 1 is 1.53 bits per heavy atom. The van der Waals surface area contributed by atoms with Crippen LogP contribution in [0.3, 0.4) is 0 Å². The van der Waals surface area contributed by atoms with Crippen LogP contribution < -0.4 is 10.6 Å². The third-order valence-corrected chi connectivity index (χ3v) is 2.10. The molecule has 0 spiro atoms. The molecule has 1 amide bonds. The first-order chi connectivity index (χ1) is 7.31. The van der Waals surface area contributed by atoms with E-state index in [1.807, 2.05) is 18.2 Å². The van der Waals surface area contributed by atoms with E-state index < -0.39 is 0 Å². The number of rotatable bonds is 3. The van der Waals surface area contributed by atoms with Crippen molar-refractivity contribution in [2.75, 3.05) is 18.9 Å². The number of benzene rings is 1. The van der Waals surface area contributed by atoms with Gasteiger partial charge in [0, 0.05) is 5.39 Å². The van der Waals surface area contributed by atoms with Crippen molar-refractivity contribution in [1.82, 2.24) is 15.5 Å². The van der Waals surface area contributed by atoms with Gasteiger partial charge in [-0.25, -0.2) is 0 Å². The maximum absolute atomic E-state index is 11.4. The highest BCUT2D eigenvalue weighted by atomic mass is 16.1. The fourth-order valence-corrected chi connectivity index (χ4v) is 1.43. The van der Waals surface area contributed by atoms with Gasteiger partial charge in [0.15, 0.2) is 0 Å². The maximum Gasteiger partial charge on any atom is 0.238 e. The smallest absolute Gasteiger partial charge is 0.238 e. The lowest BCUT2D eigenvalue weighted by Gasteiger charge is -2.05. The van der Waals surface area contributed by atoms with Gasteiger partial charge in [-0.3, -0.25) is 9.89 Å². The number of fused-ring (bicyclic) bond motifs is 1. The lowest BCUT2D eigenvalue weighted by molar-refractivity contribution is -0.115. The van der Waals surface area contributed by atoms with Crippen LogP contribution in [0.1, 0.15) is 0 Å². The molecule has 0 aliphatic carbocycles. The molecular weight excluding hydrogens is 192 g/mol. The predicted octanol–water partition coefficient (Wildman–Crippen LogP) is 0.721. The van der Waals surface area contributed by atoms with Crippen molar-refractivity contribution in [2.45, 2.75) is 0 Å². The average Bonchev–Trinajstić information content (AvgIpc) is 2.67. The number of likely N-dealkylation sites (N-methyl/N-ethyl adjacent to an activating group) is 1. The van der Waals surface area contributed by atoms with E-state index in [4.69, 9.17) is 0 Å². The summed E-state index contributed by atoms with van der Waals surface area (Å²) < 4.78 is 0. The van der Waals surface area contributed by atoms with Crippen molar-refractivity contribution in [3.8, 4) is 0 Å². The summed E-state index contributed by atoms with van der Waals surface area (Å²) in [6.45, 7) is 0.300. The lowest BCUT2D eigenvalue weighted by atomic mass is 10.2. The van der Waals surface area contributed by atoms with Gasteiger partial charge in [0.2, 0.25) is 5.91 Å². The van der Waals surface area contributed by atoms with Gasteiger partial charge in [-0.2, -0.15) is 5.10 Å². The molecule has 5 heteroatoms. The molecule has 0 fully saturated rings. The topological polar surface area (TPSA) is 69.8 Å². The molecule has 0 aliphatic heterocycles. The molecule has 1 aromatic heterocycles. The van der Waals surface area contributed by atoms with E-state index in [1.165, 1.54) is 0 Å². The van der Waals surface area contributed by atoms with Crippen LogP contribution in [0.2, 0.25) is 0 Å². The number of amides is 1. The maximum atomic E-state index is 11.4. The third-order valence-electron chi connectivity index (χ3n) is 2.10.